The summed E-state index contributed by atoms with van der Waals surface area (Å²) in [5.74, 6) is 0. The molecule has 2 nitrogen and oxygen atoms in total. The lowest BCUT2D eigenvalue weighted by Gasteiger charge is -2.23. The summed E-state index contributed by atoms with van der Waals surface area (Å²) in [6, 6.07) is 6.71. The highest BCUT2D eigenvalue weighted by atomic mass is 35.5. The molecule has 0 amide bonds. The molecule has 1 saturated carbocycles. The third-order valence-corrected chi connectivity index (χ3v) is 4.19. The number of hydrogen-bond acceptors (Lipinski definition) is 2. The van der Waals surface area contributed by atoms with Crippen molar-refractivity contribution in [1.82, 2.24) is 0 Å². The van der Waals surface area contributed by atoms with Gasteiger partial charge in [0.1, 0.15) is 6.17 Å². The molecule has 1 aromatic rings. The van der Waals surface area contributed by atoms with E-state index >= 15 is 0 Å². The monoisotopic (exact) mass is 276 g/mol. The average Bonchev–Trinajstić information content (AvgIpc) is 2.33. The molecule has 0 spiro atoms. The van der Waals surface area contributed by atoms with Crippen molar-refractivity contribution in [3.05, 3.63) is 29.3 Å². The SMILES string of the molecule is O=S(OC1CCC(F)CC1)c1ccc(Cl)cc1. The van der Waals surface area contributed by atoms with Crippen LogP contribution in [-0.2, 0) is 15.3 Å². The minimum atomic E-state index is -1.48. The third kappa shape index (κ3) is 3.76. The lowest BCUT2D eigenvalue weighted by Crippen LogP contribution is -2.23. The summed E-state index contributed by atoms with van der Waals surface area (Å²) in [4.78, 5) is 0.594. The molecule has 1 fully saturated rings. The summed E-state index contributed by atoms with van der Waals surface area (Å²) in [5.41, 5.74) is 0. The summed E-state index contributed by atoms with van der Waals surface area (Å²) < 4.78 is 30.2. The Kier molecular flexibility index (Phi) is 4.54. The first-order chi connectivity index (χ1) is 8.15. The molecule has 5 heteroatoms. The predicted molar refractivity (Wildman–Crippen MR) is 66.1 cm³/mol. The molecule has 1 atom stereocenters. The quantitative estimate of drug-likeness (QED) is 0.842. The van der Waals surface area contributed by atoms with Crippen LogP contribution >= 0.6 is 11.6 Å². The molecule has 0 N–H and O–H groups in total. The number of halogens is 2. The summed E-state index contributed by atoms with van der Waals surface area (Å²) in [6.45, 7) is 0. The van der Waals surface area contributed by atoms with Crippen molar-refractivity contribution in [2.45, 2.75) is 42.9 Å². The van der Waals surface area contributed by atoms with E-state index in [9.17, 15) is 8.60 Å². The standard InChI is InChI=1S/C12H14ClFO2S/c13-9-1-7-12(8-2-9)17(15)16-11-5-3-10(14)4-6-11/h1-2,7-8,10-11H,3-6H2. The van der Waals surface area contributed by atoms with Crippen molar-refractivity contribution < 1.29 is 12.8 Å². The Balaban J connectivity index is 1.91. The first-order valence-corrected chi connectivity index (χ1v) is 7.09. The molecule has 2 rings (SSSR count). The maximum absolute atomic E-state index is 12.9. The molecule has 0 heterocycles. The highest BCUT2D eigenvalue weighted by molar-refractivity contribution is 7.80. The fourth-order valence-corrected chi connectivity index (χ4v) is 2.88. The Morgan fingerprint density at radius 1 is 1.18 bits per heavy atom. The molecule has 0 saturated heterocycles. The van der Waals surface area contributed by atoms with Crippen LogP contribution in [0.15, 0.2) is 29.2 Å². The lowest BCUT2D eigenvalue weighted by atomic mass is 9.96. The van der Waals surface area contributed by atoms with Crippen LogP contribution in [0.25, 0.3) is 0 Å². The fourth-order valence-electron chi connectivity index (χ4n) is 1.84. The Labute approximate surface area is 108 Å². The zero-order valence-corrected chi connectivity index (χ0v) is 10.8. The van der Waals surface area contributed by atoms with Crippen LogP contribution in [0.1, 0.15) is 25.7 Å². The van der Waals surface area contributed by atoms with Crippen molar-refractivity contribution in [2.24, 2.45) is 0 Å². The van der Waals surface area contributed by atoms with Crippen LogP contribution in [0, 0.1) is 0 Å². The molecule has 1 unspecified atom stereocenters. The van der Waals surface area contributed by atoms with Crippen molar-refractivity contribution in [1.29, 1.82) is 0 Å². The van der Waals surface area contributed by atoms with E-state index in [0.29, 0.717) is 35.6 Å². The van der Waals surface area contributed by atoms with Gasteiger partial charge in [-0.25, -0.2) is 8.60 Å². The molecule has 0 radical (unpaired) electrons. The van der Waals surface area contributed by atoms with Crippen molar-refractivity contribution in [3.8, 4) is 0 Å². The highest BCUT2D eigenvalue weighted by Crippen LogP contribution is 2.25. The molecule has 0 aromatic heterocycles. The maximum atomic E-state index is 12.9. The molecular weight excluding hydrogens is 263 g/mol. The number of alkyl halides is 1. The average molecular weight is 277 g/mol. The van der Waals surface area contributed by atoms with Crippen LogP contribution in [0.3, 0.4) is 0 Å². The van der Waals surface area contributed by atoms with E-state index in [-0.39, 0.29) is 6.10 Å². The summed E-state index contributed by atoms with van der Waals surface area (Å²) in [7, 11) is 0. The highest BCUT2D eigenvalue weighted by Gasteiger charge is 2.23. The number of benzene rings is 1. The Hall–Kier alpha value is -0.450. The minimum Gasteiger partial charge on any atom is -0.283 e. The second kappa shape index (κ2) is 5.94. The van der Waals surface area contributed by atoms with E-state index in [4.69, 9.17) is 15.8 Å². The molecule has 1 aliphatic rings. The summed E-state index contributed by atoms with van der Waals surface area (Å²) in [6.07, 6.45) is 1.46. The second-order valence-electron chi connectivity index (χ2n) is 4.16. The van der Waals surface area contributed by atoms with Crippen molar-refractivity contribution in [2.75, 3.05) is 0 Å². The van der Waals surface area contributed by atoms with Gasteiger partial charge >= 0.3 is 0 Å². The van der Waals surface area contributed by atoms with E-state index in [0.717, 1.165) is 0 Å². The van der Waals surface area contributed by atoms with Crippen LogP contribution in [0.5, 0.6) is 0 Å². The van der Waals surface area contributed by atoms with Gasteiger partial charge in [-0.05, 0) is 49.9 Å². The first kappa shape index (κ1) is 13.0. The fraction of sp³-hybridized carbons (Fsp3) is 0.500. The smallest absolute Gasteiger partial charge is 0.189 e. The van der Waals surface area contributed by atoms with Gasteiger partial charge in [0.25, 0.3) is 0 Å². The Morgan fingerprint density at radius 2 is 1.76 bits per heavy atom. The van der Waals surface area contributed by atoms with Crippen LogP contribution in [-0.4, -0.2) is 16.5 Å². The van der Waals surface area contributed by atoms with E-state index < -0.39 is 17.3 Å². The molecule has 1 aromatic carbocycles. The molecule has 0 bridgehead atoms. The van der Waals surface area contributed by atoms with Gasteiger partial charge in [-0.2, -0.15) is 0 Å². The second-order valence-corrected chi connectivity index (χ2v) is 5.73. The van der Waals surface area contributed by atoms with Crippen LogP contribution < -0.4 is 0 Å². The van der Waals surface area contributed by atoms with Gasteiger partial charge in [0.05, 0.1) is 11.0 Å². The Morgan fingerprint density at radius 3 is 2.35 bits per heavy atom. The van der Waals surface area contributed by atoms with Crippen molar-refractivity contribution in [3.63, 3.8) is 0 Å². The van der Waals surface area contributed by atoms with Gasteiger partial charge in [-0.15, -0.1) is 0 Å². The van der Waals surface area contributed by atoms with Gasteiger partial charge < -0.3 is 0 Å². The first-order valence-electron chi connectivity index (χ1n) is 5.63. The summed E-state index contributed by atoms with van der Waals surface area (Å²) in [5, 5.41) is 0.601. The minimum absolute atomic E-state index is 0.0986. The zero-order valence-electron chi connectivity index (χ0n) is 9.27. The topological polar surface area (TPSA) is 26.3 Å². The Bertz CT molecular complexity index is 388. The van der Waals surface area contributed by atoms with E-state index in [2.05, 4.69) is 0 Å². The third-order valence-electron chi connectivity index (χ3n) is 2.83. The van der Waals surface area contributed by atoms with Gasteiger partial charge in [-0.3, -0.25) is 4.18 Å². The molecule has 17 heavy (non-hydrogen) atoms. The molecular formula is C12H14ClFO2S. The molecule has 0 aliphatic heterocycles. The van der Waals surface area contributed by atoms with E-state index in [1.54, 1.807) is 24.3 Å². The predicted octanol–water partition coefficient (Wildman–Crippen LogP) is 3.66. The van der Waals surface area contributed by atoms with Gasteiger partial charge in [0, 0.05) is 5.02 Å². The van der Waals surface area contributed by atoms with Crippen molar-refractivity contribution >= 4 is 22.7 Å². The van der Waals surface area contributed by atoms with Gasteiger partial charge in [0.2, 0.25) is 0 Å². The molecule has 94 valence electrons. The van der Waals surface area contributed by atoms with E-state index in [1.165, 1.54) is 0 Å². The normalized spacial score (nSPS) is 26.7. The van der Waals surface area contributed by atoms with Gasteiger partial charge in [-0.1, -0.05) is 11.6 Å². The summed E-state index contributed by atoms with van der Waals surface area (Å²) >= 11 is 4.26. The van der Waals surface area contributed by atoms with Crippen LogP contribution in [0.2, 0.25) is 5.02 Å². The largest absolute Gasteiger partial charge is 0.283 e. The maximum Gasteiger partial charge on any atom is 0.189 e. The zero-order chi connectivity index (χ0) is 12.3. The molecule has 1 aliphatic carbocycles. The van der Waals surface area contributed by atoms with Gasteiger partial charge in [0.15, 0.2) is 11.1 Å². The van der Waals surface area contributed by atoms with E-state index in [1.807, 2.05) is 0 Å². The van der Waals surface area contributed by atoms with Crippen LogP contribution in [0.4, 0.5) is 4.39 Å². The number of rotatable bonds is 3. The number of hydrogen-bond donors (Lipinski definition) is 0. The lowest BCUT2D eigenvalue weighted by molar-refractivity contribution is 0.126.